The summed E-state index contributed by atoms with van der Waals surface area (Å²) in [7, 11) is 0. The molecule has 0 bridgehead atoms. The number of thiophene rings is 1. The minimum atomic E-state index is -0.966. The van der Waals surface area contributed by atoms with Crippen LogP contribution in [0.5, 0.6) is 5.88 Å². The Labute approximate surface area is 176 Å². The van der Waals surface area contributed by atoms with Crippen LogP contribution in [0.3, 0.4) is 0 Å². The van der Waals surface area contributed by atoms with Gasteiger partial charge in [0.05, 0.1) is 34.2 Å². The Balaban J connectivity index is 1.73. The maximum absolute atomic E-state index is 11.2. The van der Waals surface area contributed by atoms with Crippen LogP contribution in [0.15, 0.2) is 64.8 Å². The van der Waals surface area contributed by atoms with Crippen molar-refractivity contribution in [3.8, 4) is 27.6 Å². The van der Waals surface area contributed by atoms with Crippen molar-refractivity contribution >= 4 is 23.5 Å². The fraction of sp³-hybridized carbons (Fsp3) is 0.0870. The Morgan fingerprint density at radius 2 is 2.17 bits per heavy atom. The Kier molecular flexibility index (Phi) is 5.45. The predicted molar refractivity (Wildman–Crippen MR) is 116 cm³/mol. The normalized spacial score (nSPS) is 10.7. The van der Waals surface area contributed by atoms with Gasteiger partial charge < -0.3 is 19.7 Å². The number of nitrogens with one attached hydrogen (secondary N) is 1. The first-order valence-electron chi connectivity index (χ1n) is 9.14. The van der Waals surface area contributed by atoms with Crippen molar-refractivity contribution in [3.05, 3.63) is 82.6 Å². The number of ether oxygens (including phenoxy) is 1. The van der Waals surface area contributed by atoms with Gasteiger partial charge in [-0.1, -0.05) is 12.1 Å². The summed E-state index contributed by atoms with van der Waals surface area (Å²) in [4.78, 5) is 16.8. The van der Waals surface area contributed by atoms with Crippen molar-refractivity contribution in [1.82, 2.24) is 4.98 Å². The molecular formula is C23H18N2O4S. The summed E-state index contributed by atoms with van der Waals surface area (Å²) in [5.41, 5.74) is 4.83. The third-order valence-electron chi connectivity index (χ3n) is 4.73. The number of aryl methyl sites for hydroxylation is 1. The summed E-state index contributed by atoms with van der Waals surface area (Å²) in [6.07, 6.45) is 4.44. The first kappa shape index (κ1) is 19.6. The van der Waals surface area contributed by atoms with Gasteiger partial charge in [0, 0.05) is 17.3 Å². The Morgan fingerprint density at radius 1 is 1.30 bits per heavy atom. The number of nitrogens with zero attached hydrogens (tertiary/aromatic N) is 1. The largest absolute Gasteiger partial charge is 0.478 e. The van der Waals surface area contributed by atoms with E-state index in [0.29, 0.717) is 11.4 Å². The maximum Gasteiger partial charge on any atom is 0.335 e. The molecule has 0 aliphatic rings. The number of carboxylic acid groups (broad SMARTS) is 1. The highest BCUT2D eigenvalue weighted by atomic mass is 32.1. The van der Waals surface area contributed by atoms with Crippen LogP contribution in [-0.4, -0.2) is 22.3 Å². The van der Waals surface area contributed by atoms with E-state index >= 15 is 0 Å². The minimum Gasteiger partial charge on any atom is -0.478 e. The molecule has 0 amide bonds. The van der Waals surface area contributed by atoms with Crippen molar-refractivity contribution in [2.45, 2.75) is 13.5 Å². The maximum atomic E-state index is 11.2. The number of pyridine rings is 1. The number of rotatable bonds is 7. The second-order valence-corrected chi connectivity index (χ2v) is 7.59. The van der Waals surface area contributed by atoms with E-state index in [4.69, 9.17) is 19.7 Å². The van der Waals surface area contributed by atoms with E-state index in [0.717, 1.165) is 32.8 Å². The zero-order valence-electron chi connectivity index (χ0n) is 16.1. The summed E-state index contributed by atoms with van der Waals surface area (Å²) < 4.78 is 11.3. The van der Waals surface area contributed by atoms with E-state index in [1.807, 2.05) is 36.6 Å². The first-order chi connectivity index (χ1) is 14.6. The van der Waals surface area contributed by atoms with Crippen molar-refractivity contribution in [2.75, 3.05) is 0 Å². The third-order valence-corrected chi connectivity index (χ3v) is 5.62. The summed E-state index contributed by atoms with van der Waals surface area (Å²) >= 11 is 1.57. The molecule has 0 atom stereocenters. The molecule has 0 fully saturated rings. The zero-order chi connectivity index (χ0) is 21.1. The number of carboxylic acids is 1. The van der Waals surface area contributed by atoms with Crippen molar-refractivity contribution in [1.29, 1.82) is 5.41 Å². The number of aromatic carboxylic acids is 1. The smallest absolute Gasteiger partial charge is 0.335 e. The number of benzene rings is 1. The van der Waals surface area contributed by atoms with Gasteiger partial charge in [-0.15, -0.1) is 11.3 Å². The van der Waals surface area contributed by atoms with E-state index in [1.165, 1.54) is 6.21 Å². The van der Waals surface area contributed by atoms with Crippen LogP contribution in [0.1, 0.15) is 27.0 Å². The summed E-state index contributed by atoms with van der Waals surface area (Å²) in [6.45, 7) is 2.05. The quantitative estimate of drug-likeness (QED) is 0.378. The lowest BCUT2D eigenvalue weighted by Gasteiger charge is -2.14. The highest BCUT2D eigenvalue weighted by molar-refractivity contribution is 7.13. The molecule has 4 aromatic rings. The number of carbonyl (C=O) groups is 1. The highest BCUT2D eigenvalue weighted by Gasteiger charge is 2.17. The van der Waals surface area contributed by atoms with Crippen LogP contribution < -0.4 is 4.74 Å². The monoisotopic (exact) mass is 418 g/mol. The number of hydrogen-bond acceptors (Lipinski definition) is 6. The van der Waals surface area contributed by atoms with Gasteiger partial charge in [0.2, 0.25) is 5.88 Å². The molecule has 6 nitrogen and oxygen atoms in total. The fourth-order valence-corrected chi connectivity index (χ4v) is 3.81. The van der Waals surface area contributed by atoms with Crippen LogP contribution in [0.4, 0.5) is 0 Å². The van der Waals surface area contributed by atoms with Gasteiger partial charge in [0.15, 0.2) is 0 Å². The van der Waals surface area contributed by atoms with Gasteiger partial charge in [0.1, 0.15) is 6.61 Å². The molecule has 0 aliphatic carbocycles. The second kappa shape index (κ2) is 8.34. The van der Waals surface area contributed by atoms with E-state index in [1.54, 1.807) is 42.1 Å². The molecule has 150 valence electrons. The number of hydrogen-bond donors (Lipinski definition) is 2. The van der Waals surface area contributed by atoms with Crippen LogP contribution in [-0.2, 0) is 6.61 Å². The number of furan rings is 1. The summed E-state index contributed by atoms with van der Waals surface area (Å²) in [6, 6.07) is 12.6. The van der Waals surface area contributed by atoms with Gasteiger partial charge in [-0.2, -0.15) is 0 Å². The van der Waals surface area contributed by atoms with Gasteiger partial charge in [-0.25, -0.2) is 9.78 Å². The standard InChI is InChI=1S/C23H18N2O4S/c1-14-9-15(23(26)27)4-5-16(14)13-29-22-19(11-24)18(17-6-7-28-12-17)10-20(25-22)21-3-2-8-30-21/h2-12,24H,13H2,1H3,(H,26,27). The lowest BCUT2D eigenvalue weighted by atomic mass is 10.0. The summed E-state index contributed by atoms with van der Waals surface area (Å²) in [5, 5.41) is 19.1. The van der Waals surface area contributed by atoms with Crippen LogP contribution >= 0.6 is 11.3 Å². The SMILES string of the molecule is Cc1cc(C(=O)O)ccc1COc1nc(-c2cccs2)cc(-c2ccoc2)c1C=N. The fourth-order valence-electron chi connectivity index (χ4n) is 3.13. The number of aromatic nitrogens is 1. The molecule has 4 rings (SSSR count). The van der Waals surface area contributed by atoms with E-state index in [9.17, 15) is 4.79 Å². The molecule has 0 radical (unpaired) electrons. The Hall–Kier alpha value is -3.71. The molecule has 7 heteroatoms. The third kappa shape index (κ3) is 3.88. The zero-order valence-corrected chi connectivity index (χ0v) is 16.9. The van der Waals surface area contributed by atoms with Gasteiger partial charge in [-0.3, -0.25) is 0 Å². The second-order valence-electron chi connectivity index (χ2n) is 6.64. The molecule has 2 N–H and O–H groups in total. The van der Waals surface area contributed by atoms with Gasteiger partial charge >= 0.3 is 5.97 Å². The van der Waals surface area contributed by atoms with Crippen molar-refractivity contribution in [2.24, 2.45) is 0 Å². The van der Waals surface area contributed by atoms with Crippen LogP contribution in [0.2, 0.25) is 0 Å². The molecule has 3 heterocycles. The average Bonchev–Trinajstić information content (AvgIpc) is 3.46. The average molecular weight is 418 g/mol. The Bertz CT molecular complexity index is 1200. The Morgan fingerprint density at radius 3 is 2.80 bits per heavy atom. The molecule has 0 saturated carbocycles. The molecule has 1 aromatic carbocycles. The first-order valence-corrected chi connectivity index (χ1v) is 10.0. The highest BCUT2D eigenvalue weighted by Crippen LogP contribution is 2.35. The van der Waals surface area contributed by atoms with Crippen LogP contribution in [0.25, 0.3) is 21.7 Å². The lowest BCUT2D eigenvalue weighted by molar-refractivity contribution is 0.0696. The van der Waals surface area contributed by atoms with E-state index in [-0.39, 0.29) is 12.2 Å². The molecule has 3 aromatic heterocycles. The van der Waals surface area contributed by atoms with Crippen molar-refractivity contribution < 1.29 is 19.1 Å². The van der Waals surface area contributed by atoms with Crippen LogP contribution in [0, 0.1) is 12.3 Å². The van der Waals surface area contributed by atoms with E-state index < -0.39 is 5.97 Å². The van der Waals surface area contributed by atoms with Gasteiger partial charge in [-0.05, 0) is 53.8 Å². The van der Waals surface area contributed by atoms with E-state index in [2.05, 4.69) is 4.98 Å². The molecular weight excluding hydrogens is 400 g/mol. The lowest BCUT2D eigenvalue weighted by Crippen LogP contribution is -2.05. The molecule has 30 heavy (non-hydrogen) atoms. The predicted octanol–water partition coefficient (Wildman–Crippen LogP) is 5.65. The minimum absolute atomic E-state index is 0.207. The molecule has 0 saturated heterocycles. The topological polar surface area (TPSA) is 96.4 Å². The molecule has 0 spiro atoms. The summed E-state index contributed by atoms with van der Waals surface area (Å²) in [5.74, 6) is -0.624. The molecule has 0 unspecified atom stereocenters. The molecule has 0 aliphatic heterocycles. The van der Waals surface area contributed by atoms with Gasteiger partial charge in [0.25, 0.3) is 0 Å². The van der Waals surface area contributed by atoms with Crippen molar-refractivity contribution in [3.63, 3.8) is 0 Å².